The molecule has 5 rings (SSSR count). The van der Waals surface area contributed by atoms with Gasteiger partial charge in [0.05, 0.1) is 34.8 Å². The molecule has 1 atom stereocenters. The molecule has 43 heavy (non-hydrogen) atoms. The number of anilines is 1. The van der Waals surface area contributed by atoms with Crippen molar-refractivity contribution < 1.29 is 27.5 Å². The minimum absolute atomic E-state index is 0.00792. The van der Waals surface area contributed by atoms with E-state index in [-0.39, 0.29) is 29.1 Å². The van der Waals surface area contributed by atoms with Crippen molar-refractivity contribution in [2.45, 2.75) is 44.6 Å². The first-order valence-corrected chi connectivity index (χ1v) is 13.8. The number of nitrogens with zero attached hydrogens (tertiary/aromatic N) is 2. The number of ether oxygens (including phenoxy) is 1. The Balaban J connectivity index is 1.48. The summed E-state index contributed by atoms with van der Waals surface area (Å²) in [5.41, 5.74) is -1.79. The predicted octanol–water partition coefficient (Wildman–Crippen LogP) is 3.97. The second-order valence-corrected chi connectivity index (χ2v) is 10.2. The van der Waals surface area contributed by atoms with Crippen molar-refractivity contribution in [3.63, 3.8) is 0 Å². The van der Waals surface area contributed by atoms with Gasteiger partial charge in [0.15, 0.2) is 0 Å². The highest BCUT2D eigenvalue weighted by Gasteiger charge is 2.33. The van der Waals surface area contributed by atoms with Gasteiger partial charge in [-0.3, -0.25) is 23.5 Å². The fraction of sp³-hybridized carbons (Fsp3) is 0.290. The summed E-state index contributed by atoms with van der Waals surface area (Å²) in [6.45, 7) is 0.0723. The van der Waals surface area contributed by atoms with E-state index in [9.17, 15) is 32.3 Å². The monoisotopic (exact) mass is 594 g/mol. The van der Waals surface area contributed by atoms with Gasteiger partial charge in [-0.1, -0.05) is 42.5 Å². The fourth-order valence-electron chi connectivity index (χ4n) is 5.10. The Kier molecular flexibility index (Phi) is 8.76. The van der Waals surface area contributed by atoms with Crippen LogP contribution in [0.4, 0.5) is 18.9 Å². The maximum Gasteiger partial charge on any atom is 0.418 e. The summed E-state index contributed by atoms with van der Waals surface area (Å²) in [7, 11) is 0. The molecular weight excluding hydrogens is 565 g/mol. The number of rotatable bonds is 9. The highest BCUT2D eigenvalue weighted by Crippen LogP contribution is 2.34. The lowest BCUT2D eigenvalue weighted by Gasteiger charge is -2.18. The lowest BCUT2D eigenvalue weighted by Crippen LogP contribution is -2.44. The highest BCUT2D eigenvalue weighted by molar-refractivity contribution is 5.98. The van der Waals surface area contributed by atoms with Crippen LogP contribution in [0.25, 0.3) is 10.9 Å². The number of halogens is 3. The van der Waals surface area contributed by atoms with Crippen molar-refractivity contribution in [1.82, 2.24) is 14.5 Å². The van der Waals surface area contributed by atoms with Crippen LogP contribution in [0.3, 0.4) is 0 Å². The van der Waals surface area contributed by atoms with Gasteiger partial charge in [-0.15, -0.1) is 0 Å². The largest absolute Gasteiger partial charge is 0.418 e. The number of fused-ring (bicyclic) bond motifs is 1. The Morgan fingerprint density at radius 2 is 1.70 bits per heavy atom. The number of hydrogen-bond acceptors (Lipinski definition) is 5. The van der Waals surface area contributed by atoms with E-state index in [0.717, 1.165) is 33.3 Å². The average Bonchev–Trinajstić information content (AvgIpc) is 3.51. The van der Waals surface area contributed by atoms with Crippen molar-refractivity contribution in [1.29, 1.82) is 0 Å². The molecule has 0 spiro atoms. The molecule has 224 valence electrons. The summed E-state index contributed by atoms with van der Waals surface area (Å²) in [5.74, 6) is -1.37. The van der Waals surface area contributed by atoms with Crippen LogP contribution in [0.2, 0.25) is 0 Å². The SMILES string of the molecule is O=C(Cn1c(=O)n(C[C@@H]2CCCO2)c(=O)c2ccc(C(=O)NCCc3ccccc3)cc21)Nc1ccccc1C(F)(F)F. The zero-order valence-electron chi connectivity index (χ0n) is 23.0. The van der Waals surface area contributed by atoms with Crippen LogP contribution >= 0.6 is 0 Å². The zero-order chi connectivity index (χ0) is 30.6. The van der Waals surface area contributed by atoms with Crippen LogP contribution in [0.5, 0.6) is 0 Å². The number of para-hydroxylation sites is 1. The van der Waals surface area contributed by atoms with Crippen LogP contribution in [0.1, 0.15) is 34.3 Å². The molecule has 2 heterocycles. The first-order chi connectivity index (χ1) is 20.6. The Labute approximate surface area is 243 Å². The standard InChI is InChI=1S/C31H29F3N4O5/c32-31(33,34)24-10-4-5-11-25(24)36-27(39)19-37-26-17-21(28(40)35-15-14-20-7-2-1-3-8-20)12-13-23(26)29(41)38(30(37)42)18-22-9-6-16-43-22/h1-5,7-8,10-13,17,22H,6,9,14-16,18-19H2,(H,35,40)(H,36,39)/t22-/m0/s1. The molecular formula is C31H29F3N4O5. The summed E-state index contributed by atoms with van der Waals surface area (Å²) >= 11 is 0. The quantitative estimate of drug-likeness (QED) is 0.305. The summed E-state index contributed by atoms with van der Waals surface area (Å²) in [5, 5.41) is 5.11. The van der Waals surface area contributed by atoms with E-state index < -0.39 is 47.0 Å². The average molecular weight is 595 g/mol. The molecule has 0 aliphatic carbocycles. The summed E-state index contributed by atoms with van der Waals surface area (Å²) in [6, 6.07) is 18.2. The lowest BCUT2D eigenvalue weighted by atomic mass is 10.1. The molecule has 1 aromatic heterocycles. The van der Waals surface area contributed by atoms with Gasteiger partial charge >= 0.3 is 11.9 Å². The van der Waals surface area contributed by atoms with Crippen LogP contribution in [-0.4, -0.2) is 40.2 Å². The van der Waals surface area contributed by atoms with E-state index in [4.69, 9.17) is 4.74 Å². The topological polar surface area (TPSA) is 111 Å². The molecule has 2 amide bonds. The molecule has 12 heteroatoms. The maximum atomic E-state index is 13.6. The Morgan fingerprint density at radius 3 is 2.42 bits per heavy atom. The summed E-state index contributed by atoms with van der Waals surface area (Å²) < 4.78 is 48.1. The maximum absolute atomic E-state index is 13.6. The Morgan fingerprint density at radius 1 is 0.953 bits per heavy atom. The molecule has 1 aliphatic heterocycles. The molecule has 9 nitrogen and oxygen atoms in total. The summed E-state index contributed by atoms with van der Waals surface area (Å²) in [6.07, 6.45) is -3.10. The van der Waals surface area contributed by atoms with Crippen LogP contribution in [0, 0.1) is 0 Å². The first kappa shape index (κ1) is 29.8. The van der Waals surface area contributed by atoms with Gasteiger partial charge in [0.2, 0.25) is 5.91 Å². The lowest BCUT2D eigenvalue weighted by molar-refractivity contribution is -0.137. The number of aromatic nitrogens is 2. The van der Waals surface area contributed by atoms with Gasteiger partial charge in [0.1, 0.15) is 6.54 Å². The number of amides is 2. The molecule has 0 bridgehead atoms. The molecule has 3 aromatic carbocycles. The van der Waals surface area contributed by atoms with Crippen molar-refractivity contribution in [2.24, 2.45) is 0 Å². The molecule has 0 radical (unpaired) electrons. The van der Waals surface area contributed by atoms with Gasteiger partial charge in [-0.25, -0.2) is 4.79 Å². The number of carbonyl (C=O) groups is 2. The van der Waals surface area contributed by atoms with Gasteiger partial charge < -0.3 is 15.4 Å². The number of nitrogens with one attached hydrogen (secondary N) is 2. The van der Waals surface area contributed by atoms with Crippen LogP contribution in [-0.2, 0) is 35.2 Å². The normalized spacial score (nSPS) is 15.0. The molecule has 0 saturated carbocycles. The minimum Gasteiger partial charge on any atom is -0.376 e. The molecule has 1 aliphatic rings. The second-order valence-electron chi connectivity index (χ2n) is 10.2. The number of carbonyl (C=O) groups excluding carboxylic acids is 2. The second kappa shape index (κ2) is 12.7. The highest BCUT2D eigenvalue weighted by atomic mass is 19.4. The molecule has 1 saturated heterocycles. The molecule has 0 unspecified atom stereocenters. The third kappa shape index (κ3) is 6.86. The minimum atomic E-state index is -4.72. The Hall–Kier alpha value is -4.71. The van der Waals surface area contributed by atoms with Crippen molar-refractivity contribution in [3.05, 3.63) is 110 Å². The third-order valence-electron chi connectivity index (χ3n) is 7.25. The van der Waals surface area contributed by atoms with Gasteiger partial charge in [-0.2, -0.15) is 13.2 Å². The number of alkyl halides is 3. The van der Waals surface area contributed by atoms with E-state index in [0.29, 0.717) is 26.0 Å². The van der Waals surface area contributed by atoms with Crippen molar-refractivity contribution in [3.8, 4) is 0 Å². The third-order valence-corrected chi connectivity index (χ3v) is 7.25. The van der Waals surface area contributed by atoms with E-state index in [2.05, 4.69) is 10.6 Å². The van der Waals surface area contributed by atoms with Crippen LogP contribution < -0.4 is 21.9 Å². The van der Waals surface area contributed by atoms with E-state index in [1.54, 1.807) is 0 Å². The predicted molar refractivity (Wildman–Crippen MR) is 154 cm³/mol. The fourth-order valence-corrected chi connectivity index (χ4v) is 5.10. The van der Waals surface area contributed by atoms with Gasteiger partial charge in [0.25, 0.3) is 11.5 Å². The van der Waals surface area contributed by atoms with E-state index in [1.165, 1.54) is 30.3 Å². The molecule has 1 fully saturated rings. The van der Waals surface area contributed by atoms with Crippen LogP contribution in [0.15, 0.2) is 82.4 Å². The van der Waals surface area contributed by atoms with Crippen molar-refractivity contribution >= 4 is 28.4 Å². The zero-order valence-corrected chi connectivity index (χ0v) is 23.0. The smallest absolute Gasteiger partial charge is 0.376 e. The Bertz CT molecular complexity index is 1760. The molecule has 4 aromatic rings. The summed E-state index contributed by atoms with van der Waals surface area (Å²) in [4.78, 5) is 53.1. The van der Waals surface area contributed by atoms with Gasteiger partial charge in [0, 0.05) is 18.7 Å². The van der Waals surface area contributed by atoms with Gasteiger partial charge in [-0.05, 0) is 55.2 Å². The van der Waals surface area contributed by atoms with E-state index in [1.807, 2.05) is 30.3 Å². The van der Waals surface area contributed by atoms with Crippen molar-refractivity contribution in [2.75, 3.05) is 18.5 Å². The van der Waals surface area contributed by atoms with E-state index >= 15 is 0 Å². The number of benzene rings is 3. The first-order valence-electron chi connectivity index (χ1n) is 13.8. The number of hydrogen-bond donors (Lipinski definition) is 2. The molecule has 2 N–H and O–H groups in total.